The molecule has 0 atom stereocenters. The molecule has 0 unspecified atom stereocenters. The van der Waals surface area contributed by atoms with Gasteiger partial charge >= 0.3 is 0 Å². The fourth-order valence-corrected chi connectivity index (χ4v) is 2.41. The number of fused-ring (bicyclic) bond motifs is 1. The van der Waals surface area contributed by atoms with E-state index in [1.807, 2.05) is 0 Å². The van der Waals surface area contributed by atoms with Crippen molar-refractivity contribution in [2.75, 3.05) is 29.2 Å². The topological polar surface area (TPSA) is 41.1 Å². The lowest BCUT2D eigenvalue weighted by Gasteiger charge is -2.18. The van der Waals surface area contributed by atoms with Gasteiger partial charge in [-0.05, 0) is 42.5 Å². The molecule has 1 amide bonds. The van der Waals surface area contributed by atoms with Gasteiger partial charge in [0.15, 0.2) is 0 Å². The van der Waals surface area contributed by atoms with Gasteiger partial charge in [0.2, 0.25) is 5.91 Å². The fourth-order valence-electron chi connectivity index (χ4n) is 1.97. The summed E-state index contributed by atoms with van der Waals surface area (Å²) in [6.07, 6.45) is 4.09. The molecule has 0 aromatic heterocycles. The van der Waals surface area contributed by atoms with Gasteiger partial charge in [-0.15, -0.1) is 0 Å². The van der Waals surface area contributed by atoms with Crippen LogP contribution in [0.25, 0.3) is 0 Å². The molecule has 0 fully saturated rings. The van der Waals surface area contributed by atoms with Crippen molar-refractivity contribution >= 4 is 29.0 Å². The monoisotopic (exact) mass is 268 g/mol. The van der Waals surface area contributed by atoms with E-state index in [2.05, 4.69) is 16.9 Å². The van der Waals surface area contributed by atoms with Crippen LogP contribution in [0.1, 0.15) is 18.4 Å². The van der Waals surface area contributed by atoms with Crippen LogP contribution in [0.4, 0.5) is 15.8 Å². The predicted molar refractivity (Wildman–Crippen MR) is 74.8 cm³/mol. The van der Waals surface area contributed by atoms with Gasteiger partial charge in [-0.1, -0.05) is 0 Å². The Labute approximate surface area is 111 Å². The Balaban J connectivity index is 2.06. The van der Waals surface area contributed by atoms with Crippen LogP contribution in [0.2, 0.25) is 0 Å². The Morgan fingerprint density at radius 1 is 1.44 bits per heavy atom. The minimum atomic E-state index is -0.242. The molecule has 1 aromatic carbocycles. The van der Waals surface area contributed by atoms with Gasteiger partial charge in [0, 0.05) is 18.7 Å². The summed E-state index contributed by atoms with van der Waals surface area (Å²) in [5, 5.41) is 5.85. The van der Waals surface area contributed by atoms with Crippen molar-refractivity contribution in [2.24, 2.45) is 0 Å². The normalized spacial score (nSPS) is 14.0. The van der Waals surface area contributed by atoms with Crippen molar-refractivity contribution < 1.29 is 9.18 Å². The molecular weight excluding hydrogens is 251 g/mol. The third kappa shape index (κ3) is 3.16. The molecule has 1 aliphatic heterocycles. The van der Waals surface area contributed by atoms with E-state index >= 15 is 0 Å². The first kappa shape index (κ1) is 13.2. The molecule has 0 saturated heterocycles. The third-order valence-corrected chi connectivity index (χ3v) is 3.63. The Hall–Kier alpha value is -1.23. The minimum Gasteiger partial charge on any atom is -0.383 e. The highest BCUT2D eigenvalue weighted by atomic mass is 32.2. The number of thioether (sulfide) groups is 1. The van der Waals surface area contributed by atoms with E-state index in [9.17, 15) is 9.18 Å². The van der Waals surface area contributed by atoms with Gasteiger partial charge in [-0.2, -0.15) is 11.8 Å². The predicted octanol–water partition coefficient (Wildman–Crippen LogP) is 2.88. The number of aryl methyl sites for hydroxylation is 1. The van der Waals surface area contributed by atoms with Crippen molar-refractivity contribution in [3.05, 3.63) is 23.5 Å². The van der Waals surface area contributed by atoms with E-state index < -0.39 is 0 Å². The zero-order chi connectivity index (χ0) is 13.0. The Morgan fingerprint density at radius 3 is 3.06 bits per heavy atom. The van der Waals surface area contributed by atoms with Crippen molar-refractivity contribution in [1.29, 1.82) is 0 Å². The number of carbonyl (C=O) groups is 1. The summed E-state index contributed by atoms with van der Waals surface area (Å²) >= 11 is 1.77. The highest BCUT2D eigenvalue weighted by molar-refractivity contribution is 7.98. The van der Waals surface area contributed by atoms with Crippen molar-refractivity contribution in [1.82, 2.24) is 0 Å². The summed E-state index contributed by atoms with van der Waals surface area (Å²) in [5.74, 6) is 0.813. The van der Waals surface area contributed by atoms with Gasteiger partial charge < -0.3 is 10.6 Å². The molecule has 1 aliphatic rings. The molecule has 0 spiro atoms. The van der Waals surface area contributed by atoms with Crippen LogP contribution in [0, 0.1) is 5.82 Å². The lowest BCUT2D eigenvalue weighted by molar-refractivity contribution is -0.116. The highest BCUT2D eigenvalue weighted by Crippen LogP contribution is 2.28. The van der Waals surface area contributed by atoms with Crippen molar-refractivity contribution in [2.45, 2.75) is 19.3 Å². The average Bonchev–Trinajstić information content (AvgIpc) is 2.35. The number of amides is 1. The number of carbonyl (C=O) groups excluding carboxylic acids is 1. The van der Waals surface area contributed by atoms with Crippen molar-refractivity contribution in [3.8, 4) is 0 Å². The number of anilines is 2. The van der Waals surface area contributed by atoms with E-state index in [0.29, 0.717) is 18.5 Å². The maximum Gasteiger partial charge on any atom is 0.224 e. The second kappa shape index (κ2) is 6.09. The number of hydrogen-bond donors (Lipinski definition) is 2. The molecule has 2 N–H and O–H groups in total. The van der Waals surface area contributed by atoms with Crippen LogP contribution in [0.5, 0.6) is 0 Å². The summed E-state index contributed by atoms with van der Waals surface area (Å²) in [6.45, 7) is 0.741. The highest BCUT2D eigenvalue weighted by Gasteiger charge is 2.17. The molecule has 1 aromatic rings. The Morgan fingerprint density at radius 2 is 2.28 bits per heavy atom. The van der Waals surface area contributed by atoms with Crippen LogP contribution in [-0.2, 0) is 11.2 Å². The van der Waals surface area contributed by atoms with E-state index in [1.165, 1.54) is 6.07 Å². The zero-order valence-electron chi connectivity index (χ0n) is 10.4. The first-order valence-electron chi connectivity index (χ1n) is 6.06. The van der Waals surface area contributed by atoms with Crippen LogP contribution in [-0.4, -0.2) is 24.5 Å². The number of halogens is 1. The molecule has 98 valence electrons. The second-order valence-corrected chi connectivity index (χ2v) is 5.30. The number of rotatable bonds is 5. The van der Waals surface area contributed by atoms with E-state index in [1.54, 1.807) is 17.8 Å². The van der Waals surface area contributed by atoms with Crippen LogP contribution in [0.15, 0.2) is 12.1 Å². The smallest absolute Gasteiger partial charge is 0.224 e. The summed E-state index contributed by atoms with van der Waals surface area (Å²) in [7, 11) is 0. The SMILES string of the molecule is CSCCCNc1cc2c(cc1F)CCC(=O)N2. The van der Waals surface area contributed by atoms with Gasteiger partial charge in [0.25, 0.3) is 0 Å². The molecule has 1 heterocycles. The molecule has 5 heteroatoms. The van der Waals surface area contributed by atoms with Crippen LogP contribution < -0.4 is 10.6 Å². The van der Waals surface area contributed by atoms with E-state index in [4.69, 9.17) is 0 Å². The van der Waals surface area contributed by atoms with Crippen LogP contribution >= 0.6 is 11.8 Å². The lowest BCUT2D eigenvalue weighted by atomic mass is 10.0. The Bertz CT molecular complexity index is 451. The van der Waals surface area contributed by atoms with Crippen molar-refractivity contribution in [3.63, 3.8) is 0 Å². The summed E-state index contributed by atoms with van der Waals surface area (Å²) < 4.78 is 13.8. The molecule has 0 saturated carbocycles. The zero-order valence-corrected chi connectivity index (χ0v) is 11.2. The quantitative estimate of drug-likeness (QED) is 0.807. The average molecular weight is 268 g/mol. The first-order valence-corrected chi connectivity index (χ1v) is 7.45. The molecule has 0 radical (unpaired) electrons. The molecule has 2 rings (SSSR count). The summed E-state index contributed by atoms with van der Waals surface area (Å²) in [5.41, 5.74) is 2.08. The maximum absolute atomic E-state index is 13.8. The van der Waals surface area contributed by atoms with Gasteiger partial charge in [0.05, 0.1) is 5.69 Å². The minimum absolute atomic E-state index is 0.00226. The molecule has 18 heavy (non-hydrogen) atoms. The molecule has 0 bridgehead atoms. The van der Waals surface area contributed by atoms with Crippen LogP contribution in [0.3, 0.4) is 0 Å². The standard InChI is InChI=1S/C13H17FN2OS/c1-18-6-2-5-15-12-8-11-9(7-10(12)14)3-4-13(17)16-11/h7-8,15H,2-6H2,1H3,(H,16,17). The number of hydrogen-bond acceptors (Lipinski definition) is 3. The molecule has 3 nitrogen and oxygen atoms in total. The summed E-state index contributed by atoms with van der Waals surface area (Å²) in [4.78, 5) is 11.3. The second-order valence-electron chi connectivity index (χ2n) is 4.31. The Kier molecular flexibility index (Phi) is 4.47. The lowest BCUT2D eigenvalue weighted by Crippen LogP contribution is -2.19. The van der Waals surface area contributed by atoms with E-state index in [0.717, 1.165) is 30.0 Å². The number of benzene rings is 1. The van der Waals surface area contributed by atoms with E-state index in [-0.39, 0.29) is 11.7 Å². The van der Waals surface area contributed by atoms with Gasteiger partial charge in [-0.3, -0.25) is 4.79 Å². The maximum atomic E-state index is 13.8. The number of nitrogens with one attached hydrogen (secondary N) is 2. The summed E-state index contributed by atoms with van der Waals surface area (Å²) in [6, 6.07) is 3.21. The molecular formula is C13H17FN2OS. The third-order valence-electron chi connectivity index (χ3n) is 2.93. The van der Waals surface area contributed by atoms with Gasteiger partial charge in [0.1, 0.15) is 5.82 Å². The first-order chi connectivity index (χ1) is 8.70. The van der Waals surface area contributed by atoms with Gasteiger partial charge in [-0.25, -0.2) is 4.39 Å². The molecule has 0 aliphatic carbocycles. The largest absolute Gasteiger partial charge is 0.383 e. The fraction of sp³-hybridized carbons (Fsp3) is 0.462.